The van der Waals surface area contributed by atoms with Crippen LogP contribution in [0.25, 0.3) is 0 Å². The van der Waals surface area contributed by atoms with Gasteiger partial charge in [-0.05, 0) is 31.8 Å². The van der Waals surface area contributed by atoms with Crippen molar-refractivity contribution in [3.8, 4) is 0 Å². The van der Waals surface area contributed by atoms with E-state index in [1.807, 2.05) is 20.9 Å². The van der Waals surface area contributed by atoms with Crippen LogP contribution in [-0.4, -0.2) is 25.5 Å². The van der Waals surface area contributed by atoms with Crippen molar-refractivity contribution in [3.63, 3.8) is 0 Å². The molecule has 0 bridgehead atoms. The number of carbonyl (C=O) groups excluding carboxylic acids is 1. The minimum absolute atomic E-state index is 0.206. The summed E-state index contributed by atoms with van der Waals surface area (Å²) in [5, 5.41) is 3.05. The third kappa shape index (κ3) is 4.24. The van der Waals surface area contributed by atoms with Crippen molar-refractivity contribution < 1.29 is 4.79 Å². The SMILES string of the molecule is CNCCCC(C)(C)[C@H](N)C(N)=O. The zero-order valence-corrected chi connectivity index (χ0v) is 8.76. The van der Waals surface area contributed by atoms with Crippen molar-refractivity contribution in [3.05, 3.63) is 0 Å². The molecule has 78 valence electrons. The third-order valence-electron chi connectivity index (χ3n) is 2.40. The van der Waals surface area contributed by atoms with Gasteiger partial charge in [0.05, 0.1) is 6.04 Å². The number of hydrogen-bond acceptors (Lipinski definition) is 3. The summed E-state index contributed by atoms with van der Waals surface area (Å²) in [6, 6.07) is -0.552. The van der Waals surface area contributed by atoms with Gasteiger partial charge in [0.15, 0.2) is 0 Å². The van der Waals surface area contributed by atoms with Crippen LogP contribution < -0.4 is 16.8 Å². The number of hydrogen-bond donors (Lipinski definition) is 3. The van der Waals surface area contributed by atoms with Crippen molar-refractivity contribution in [1.82, 2.24) is 5.32 Å². The zero-order valence-electron chi connectivity index (χ0n) is 8.76. The average molecular weight is 187 g/mol. The van der Waals surface area contributed by atoms with E-state index in [0.29, 0.717) is 0 Å². The van der Waals surface area contributed by atoms with Gasteiger partial charge in [-0.25, -0.2) is 0 Å². The van der Waals surface area contributed by atoms with Gasteiger partial charge < -0.3 is 16.8 Å². The minimum atomic E-state index is -0.552. The lowest BCUT2D eigenvalue weighted by atomic mass is 9.80. The molecule has 4 heteroatoms. The summed E-state index contributed by atoms with van der Waals surface area (Å²) in [4.78, 5) is 10.9. The Bertz CT molecular complexity index is 168. The van der Waals surface area contributed by atoms with E-state index in [-0.39, 0.29) is 5.41 Å². The Morgan fingerprint density at radius 3 is 2.46 bits per heavy atom. The largest absolute Gasteiger partial charge is 0.368 e. The van der Waals surface area contributed by atoms with E-state index >= 15 is 0 Å². The summed E-state index contributed by atoms with van der Waals surface area (Å²) in [5.74, 6) is -0.422. The van der Waals surface area contributed by atoms with E-state index in [9.17, 15) is 4.79 Å². The van der Waals surface area contributed by atoms with Gasteiger partial charge >= 0.3 is 0 Å². The molecule has 1 atom stereocenters. The number of nitrogens with one attached hydrogen (secondary N) is 1. The summed E-state index contributed by atoms with van der Waals surface area (Å²) < 4.78 is 0. The summed E-state index contributed by atoms with van der Waals surface area (Å²) in [5.41, 5.74) is 10.6. The van der Waals surface area contributed by atoms with Crippen LogP contribution in [0.2, 0.25) is 0 Å². The van der Waals surface area contributed by atoms with Crippen LogP contribution in [0.1, 0.15) is 26.7 Å². The van der Waals surface area contributed by atoms with Crippen LogP contribution in [0, 0.1) is 5.41 Å². The highest BCUT2D eigenvalue weighted by Gasteiger charge is 2.29. The Morgan fingerprint density at radius 2 is 2.08 bits per heavy atom. The smallest absolute Gasteiger partial charge is 0.234 e. The highest BCUT2D eigenvalue weighted by atomic mass is 16.1. The first kappa shape index (κ1) is 12.4. The topological polar surface area (TPSA) is 81.1 Å². The van der Waals surface area contributed by atoms with E-state index in [4.69, 9.17) is 11.5 Å². The summed E-state index contributed by atoms with van der Waals surface area (Å²) >= 11 is 0. The first-order chi connectivity index (χ1) is 5.91. The van der Waals surface area contributed by atoms with Gasteiger partial charge in [-0.1, -0.05) is 13.8 Å². The van der Waals surface area contributed by atoms with Crippen LogP contribution in [0.4, 0.5) is 0 Å². The van der Waals surface area contributed by atoms with E-state index in [0.717, 1.165) is 19.4 Å². The fraction of sp³-hybridized carbons (Fsp3) is 0.889. The second-order valence-electron chi connectivity index (χ2n) is 4.08. The van der Waals surface area contributed by atoms with Crippen molar-refractivity contribution in [2.75, 3.05) is 13.6 Å². The summed E-state index contributed by atoms with van der Waals surface area (Å²) in [6.07, 6.45) is 1.91. The molecule has 0 aliphatic rings. The van der Waals surface area contributed by atoms with Crippen LogP contribution in [0.3, 0.4) is 0 Å². The molecule has 0 spiro atoms. The third-order valence-corrected chi connectivity index (χ3v) is 2.40. The van der Waals surface area contributed by atoms with E-state index in [1.165, 1.54) is 0 Å². The Kier molecular flexibility index (Phi) is 4.95. The maximum Gasteiger partial charge on any atom is 0.234 e. The Labute approximate surface area is 80.0 Å². The molecule has 0 heterocycles. The van der Waals surface area contributed by atoms with Gasteiger partial charge in [0.1, 0.15) is 0 Å². The van der Waals surface area contributed by atoms with Crippen molar-refractivity contribution in [2.24, 2.45) is 16.9 Å². The monoisotopic (exact) mass is 187 g/mol. The standard InChI is InChI=1S/C9H21N3O/c1-9(2,5-4-6-12-3)7(10)8(11)13/h7,12H,4-6,10H2,1-3H3,(H2,11,13)/t7-/m1/s1. The maximum atomic E-state index is 10.9. The molecule has 0 radical (unpaired) electrons. The molecule has 1 amide bonds. The Morgan fingerprint density at radius 1 is 1.54 bits per heavy atom. The van der Waals surface area contributed by atoms with E-state index in [2.05, 4.69) is 5.32 Å². The number of rotatable bonds is 6. The van der Waals surface area contributed by atoms with Crippen LogP contribution in [-0.2, 0) is 4.79 Å². The highest BCUT2D eigenvalue weighted by Crippen LogP contribution is 2.25. The predicted molar refractivity (Wildman–Crippen MR) is 54.1 cm³/mol. The maximum absolute atomic E-state index is 10.9. The fourth-order valence-corrected chi connectivity index (χ4v) is 1.26. The quantitative estimate of drug-likeness (QED) is 0.505. The van der Waals surface area contributed by atoms with Gasteiger partial charge in [0.25, 0.3) is 0 Å². The first-order valence-electron chi connectivity index (χ1n) is 4.61. The number of nitrogens with two attached hydrogens (primary N) is 2. The van der Waals surface area contributed by atoms with Gasteiger partial charge in [-0.15, -0.1) is 0 Å². The van der Waals surface area contributed by atoms with Crippen molar-refractivity contribution in [1.29, 1.82) is 0 Å². The predicted octanol–water partition coefficient (Wildman–Crippen LogP) is -0.175. The van der Waals surface area contributed by atoms with Gasteiger partial charge in [-0.2, -0.15) is 0 Å². The summed E-state index contributed by atoms with van der Waals surface area (Å²) in [7, 11) is 1.90. The van der Waals surface area contributed by atoms with Crippen LogP contribution in [0.5, 0.6) is 0 Å². The number of primary amides is 1. The van der Waals surface area contributed by atoms with Crippen LogP contribution in [0.15, 0.2) is 0 Å². The van der Waals surface area contributed by atoms with Gasteiger partial charge in [0, 0.05) is 0 Å². The lowest BCUT2D eigenvalue weighted by molar-refractivity contribution is -0.121. The van der Waals surface area contributed by atoms with E-state index in [1.54, 1.807) is 0 Å². The molecule has 0 saturated carbocycles. The lowest BCUT2D eigenvalue weighted by Crippen LogP contribution is -2.47. The lowest BCUT2D eigenvalue weighted by Gasteiger charge is -2.29. The molecule has 5 N–H and O–H groups in total. The van der Waals surface area contributed by atoms with Crippen LogP contribution >= 0.6 is 0 Å². The minimum Gasteiger partial charge on any atom is -0.368 e. The second kappa shape index (κ2) is 5.19. The highest BCUT2D eigenvalue weighted by molar-refractivity contribution is 5.80. The molecule has 13 heavy (non-hydrogen) atoms. The number of carbonyl (C=O) groups is 1. The molecule has 0 unspecified atom stereocenters. The molecule has 0 aromatic rings. The van der Waals surface area contributed by atoms with Crippen molar-refractivity contribution in [2.45, 2.75) is 32.7 Å². The van der Waals surface area contributed by atoms with Gasteiger partial charge in [-0.3, -0.25) is 4.79 Å². The molecule has 0 rings (SSSR count). The van der Waals surface area contributed by atoms with E-state index < -0.39 is 11.9 Å². The fourth-order valence-electron chi connectivity index (χ4n) is 1.26. The molecule has 0 saturated heterocycles. The zero-order chi connectivity index (χ0) is 10.5. The molecule has 0 fully saturated rings. The van der Waals surface area contributed by atoms with Crippen molar-refractivity contribution >= 4 is 5.91 Å². The van der Waals surface area contributed by atoms with Gasteiger partial charge in [0.2, 0.25) is 5.91 Å². The molecule has 0 aromatic carbocycles. The average Bonchev–Trinajstić information content (AvgIpc) is 2.03. The normalized spacial score (nSPS) is 14.2. The molecule has 0 aliphatic carbocycles. The summed E-state index contributed by atoms with van der Waals surface area (Å²) in [6.45, 7) is 4.88. The second-order valence-corrected chi connectivity index (χ2v) is 4.08. The molecular weight excluding hydrogens is 166 g/mol. The number of amides is 1. The molecule has 0 aromatic heterocycles. The molecule has 4 nitrogen and oxygen atoms in total. The molecule has 0 aliphatic heterocycles. The first-order valence-corrected chi connectivity index (χ1v) is 4.61. The Hall–Kier alpha value is -0.610. The molecular formula is C9H21N3O. The Balaban J connectivity index is 3.98.